The summed E-state index contributed by atoms with van der Waals surface area (Å²) in [7, 11) is 0. The number of hydrogen-bond acceptors (Lipinski definition) is 5. The number of benzene rings is 1. The first-order chi connectivity index (χ1) is 14.1. The van der Waals surface area contributed by atoms with Crippen LogP contribution in [0.4, 0.5) is 5.82 Å². The van der Waals surface area contributed by atoms with E-state index in [0.717, 1.165) is 36.3 Å². The second-order valence-corrected chi connectivity index (χ2v) is 7.60. The minimum absolute atomic E-state index is 0.0350. The molecule has 7 heteroatoms. The van der Waals surface area contributed by atoms with Crippen molar-refractivity contribution in [2.24, 2.45) is 0 Å². The monoisotopic (exact) mass is 394 g/mol. The highest BCUT2D eigenvalue weighted by Gasteiger charge is 2.27. The number of pyridine rings is 1. The first kappa shape index (κ1) is 19.4. The van der Waals surface area contributed by atoms with Crippen molar-refractivity contribution in [3.8, 4) is 0 Å². The molecule has 1 saturated heterocycles. The minimum Gasteiger partial charge on any atom is -0.383 e. The lowest BCUT2D eigenvalue weighted by Gasteiger charge is -2.29. The van der Waals surface area contributed by atoms with Crippen molar-refractivity contribution in [2.45, 2.75) is 44.9 Å². The van der Waals surface area contributed by atoms with Crippen LogP contribution in [0.3, 0.4) is 0 Å². The Kier molecular flexibility index (Phi) is 5.76. The molecule has 2 aliphatic heterocycles. The highest BCUT2D eigenvalue weighted by molar-refractivity contribution is 5.98. The van der Waals surface area contributed by atoms with E-state index in [1.807, 2.05) is 35.2 Å². The average Bonchev–Trinajstić information content (AvgIpc) is 3.25. The van der Waals surface area contributed by atoms with Crippen molar-refractivity contribution in [1.29, 1.82) is 0 Å². The van der Waals surface area contributed by atoms with E-state index in [1.54, 1.807) is 6.07 Å². The number of amides is 2. The second-order valence-electron chi connectivity index (χ2n) is 7.60. The zero-order chi connectivity index (χ0) is 20.2. The molecule has 3 N–H and O–H groups in total. The lowest BCUT2D eigenvalue weighted by molar-refractivity contribution is -0.134. The number of fused-ring (bicyclic) bond motifs is 1. The Hall–Kier alpha value is -2.93. The normalized spacial score (nSPS) is 18.3. The summed E-state index contributed by atoms with van der Waals surface area (Å²) in [6, 6.07) is 11.5. The smallest absolute Gasteiger partial charge is 0.255 e. The fraction of sp³-hybridized carbons (Fsp3) is 0.409. The lowest BCUT2D eigenvalue weighted by Crippen LogP contribution is -2.38. The van der Waals surface area contributed by atoms with Crippen LogP contribution in [0.1, 0.15) is 46.4 Å². The van der Waals surface area contributed by atoms with E-state index >= 15 is 0 Å². The Morgan fingerprint density at radius 3 is 2.86 bits per heavy atom. The minimum atomic E-state index is -0.260. The number of hydrogen-bond donors (Lipinski definition) is 2. The van der Waals surface area contributed by atoms with Crippen LogP contribution in [0.5, 0.6) is 0 Å². The maximum Gasteiger partial charge on any atom is 0.255 e. The van der Waals surface area contributed by atoms with Gasteiger partial charge in [0, 0.05) is 38.4 Å². The largest absolute Gasteiger partial charge is 0.383 e. The topological polar surface area (TPSA) is 97.5 Å². The fourth-order valence-electron chi connectivity index (χ4n) is 3.89. The maximum absolute atomic E-state index is 12.6. The highest BCUT2D eigenvalue weighted by Crippen LogP contribution is 2.24. The summed E-state index contributed by atoms with van der Waals surface area (Å²) < 4.78 is 5.58. The van der Waals surface area contributed by atoms with Crippen LogP contribution in [0, 0.1) is 0 Å². The molecule has 2 aliphatic rings. The molecule has 29 heavy (non-hydrogen) atoms. The Balaban J connectivity index is 1.43. The summed E-state index contributed by atoms with van der Waals surface area (Å²) in [6.45, 7) is 2.23. The Bertz CT molecular complexity index is 894. The van der Waals surface area contributed by atoms with Crippen LogP contribution in [-0.2, 0) is 29.0 Å². The molecule has 1 fully saturated rings. The molecular formula is C22H26N4O3. The molecule has 1 atom stereocenters. The molecule has 0 saturated carbocycles. The Morgan fingerprint density at radius 1 is 1.28 bits per heavy atom. The van der Waals surface area contributed by atoms with Gasteiger partial charge in [0.25, 0.3) is 5.91 Å². The van der Waals surface area contributed by atoms with Gasteiger partial charge in [-0.05, 0) is 30.0 Å². The van der Waals surface area contributed by atoms with Crippen molar-refractivity contribution in [1.82, 2.24) is 15.2 Å². The van der Waals surface area contributed by atoms with E-state index in [4.69, 9.17) is 10.5 Å². The summed E-state index contributed by atoms with van der Waals surface area (Å²) in [5, 5.41) is 2.89. The van der Waals surface area contributed by atoms with Gasteiger partial charge in [-0.2, -0.15) is 0 Å². The maximum atomic E-state index is 12.6. The van der Waals surface area contributed by atoms with Gasteiger partial charge in [-0.1, -0.05) is 30.3 Å². The quantitative estimate of drug-likeness (QED) is 0.809. The van der Waals surface area contributed by atoms with Gasteiger partial charge < -0.3 is 20.7 Å². The number of nitrogen functional groups attached to an aromatic ring is 1. The third-order valence-electron chi connectivity index (χ3n) is 5.52. The molecule has 7 nitrogen and oxygen atoms in total. The molecule has 0 unspecified atom stereocenters. The van der Waals surface area contributed by atoms with Crippen LogP contribution < -0.4 is 11.1 Å². The predicted octanol–water partition coefficient (Wildman–Crippen LogP) is 2.05. The van der Waals surface area contributed by atoms with E-state index in [1.165, 1.54) is 0 Å². The fourth-order valence-corrected chi connectivity index (χ4v) is 3.89. The third kappa shape index (κ3) is 4.56. The summed E-state index contributed by atoms with van der Waals surface area (Å²) >= 11 is 0. The van der Waals surface area contributed by atoms with Gasteiger partial charge in [0.1, 0.15) is 5.82 Å². The third-order valence-corrected chi connectivity index (χ3v) is 5.52. The number of nitrogens with zero attached hydrogens (tertiary/aromatic N) is 2. The van der Waals surface area contributed by atoms with Crippen LogP contribution in [0.2, 0.25) is 0 Å². The highest BCUT2D eigenvalue weighted by atomic mass is 16.5. The number of carbonyl (C=O) groups is 2. The summed E-state index contributed by atoms with van der Waals surface area (Å²) in [4.78, 5) is 31.5. The predicted molar refractivity (Wildman–Crippen MR) is 109 cm³/mol. The SMILES string of the molecule is Nc1nc2c(cc1C(=O)NCc1ccccc1)CN(C(=O)C[C@@H]1CCCO1)CC2. The number of aromatic nitrogens is 1. The Labute approximate surface area is 170 Å². The number of ether oxygens (including phenoxy) is 1. The summed E-state index contributed by atoms with van der Waals surface area (Å²) in [5.41, 5.74) is 9.16. The van der Waals surface area contributed by atoms with Gasteiger partial charge in [0.05, 0.1) is 18.1 Å². The van der Waals surface area contributed by atoms with Gasteiger partial charge in [0.15, 0.2) is 0 Å². The number of carbonyl (C=O) groups excluding carboxylic acids is 2. The molecule has 3 heterocycles. The van der Waals surface area contributed by atoms with Gasteiger partial charge in [-0.15, -0.1) is 0 Å². The lowest BCUT2D eigenvalue weighted by atomic mass is 10.0. The van der Waals surface area contributed by atoms with E-state index in [-0.39, 0.29) is 23.7 Å². The van der Waals surface area contributed by atoms with Crippen molar-refractivity contribution >= 4 is 17.6 Å². The molecule has 1 aromatic heterocycles. The van der Waals surface area contributed by atoms with E-state index < -0.39 is 0 Å². The number of nitrogens with two attached hydrogens (primary N) is 1. The number of anilines is 1. The van der Waals surface area contributed by atoms with E-state index in [2.05, 4.69) is 10.3 Å². The average molecular weight is 394 g/mol. The molecule has 4 rings (SSSR count). The first-order valence-corrected chi connectivity index (χ1v) is 10.1. The van der Waals surface area contributed by atoms with Crippen LogP contribution >= 0.6 is 0 Å². The van der Waals surface area contributed by atoms with Crippen LogP contribution in [0.15, 0.2) is 36.4 Å². The molecular weight excluding hydrogens is 368 g/mol. The molecule has 152 valence electrons. The summed E-state index contributed by atoms with van der Waals surface area (Å²) in [6.07, 6.45) is 3.06. The van der Waals surface area contributed by atoms with Gasteiger partial charge in [0.2, 0.25) is 5.91 Å². The van der Waals surface area contributed by atoms with Crippen molar-refractivity contribution in [2.75, 3.05) is 18.9 Å². The summed E-state index contributed by atoms with van der Waals surface area (Å²) in [5.74, 6) is 0.0624. The van der Waals surface area contributed by atoms with Gasteiger partial charge in [-0.3, -0.25) is 9.59 Å². The zero-order valence-electron chi connectivity index (χ0n) is 16.4. The molecule has 0 spiro atoms. The number of rotatable bonds is 5. The Morgan fingerprint density at radius 2 is 2.10 bits per heavy atom. The zero-order valence-corrected chi connectivity index (χ0v) is 16.4. The molecule has 2 amide bonds. The van der Waals surface area contributed by atoms with E-state index in [9.17, 15) is 9.59 Å². The first-order valence-electron chi connectivity index (χ1n) is 10.1. The van der Waals surface area contributed by atoms with Crippen LogP contribution in [0.25, 0.3) is 0 Å². The molecule has 0 radical (unpaired) electrons. The van der Waals surface area contributed by atoms with Gasteiger partial charge >= 0.3 is 0 Å². The van der Waals surface area contributed by atoms with Gasteiger partial charge in [-0.25, -0.2) is 4.98 Å². The number of nitrogens with one attached hydrogen (secondary N) is 1. The van der Waals surface area contributed by atoms with Crippen LogP contribution in [-0.4, -0.2) is 41.0 Å². The van der Waals surface area contributed by atoms with Crippen molar-refractivity contribution in [3.05, 3.63) is 58.8 Å². The second kappa shape index (κ2) is 8.61. The molecule has 0 aliphatic carbocycles. The molecule has 2 aromatic rings. The van der Waals surface area contributed by atoms with Crippen molar-refractivity contribution in [3.63, 3.8) is 0 Å². The van der Waals surface area contributed by atoms with E-state index in [0.29, 0.717) is 38.0 Å². The molecule has 0 bridgehead atoms. The standard InChI is InChI=1S/C22H26N4O3/c23-21-18(22(28)24-13-15-5-2-1-3-6-15)11-16-14-26(9-8-19(16)25-21)20(27)12-17-7-4-10-29-17/h1-3,5-6,11,17H,4,7-10,12-14H2,(H2,23,25)(H,24,28)/t17-/m0/s1. The molecule has 1 aromatic carbocycles. The van der Waals surface area contributed by atoms with Crippen molar-refractivity contribution < 1.29 is 14.3 Å².